The minimum atomic E-state index is 0.142. The van der Waals surface area contributed by atoms with E-state index < -0.39 is 0 Å². The smallest absolute Gasteiger partial charge is 0.166 e. The van der Waals surface area contributed by atoms with Gasteiger partial charge in [-0.25, -0.2) is 0 Å². The van der Waals surface area contributed by atoms with Gasteiger partial charge < -0.3 is 10.6 Å². The van der Waals surface area contributed by atoms with E-state index in [0.717, 1.165) is 19.6 Å². The van der Waals surface area contributed by atoms with Crippen LogP contribution in [-0.2, 0) is 0 Å². The van der Waals surface area contributed by atoms with E-state index >= 15 is 0 Å². The molecule has 0 atom stereocenters. The molecule has 2 N–H and O–H groups in total. The van der Waals surface area contributed by atoms with Crippen LogP contribution in [0.2, 0.25) is 0 Å². The summed E-state index contributed by atoms with van der Waals surface area (Å²) >= 11 is 0. The van der Waals surface area contributed by atoms with Crippen LogP contribution in [0.4, 0.5) is 5.69 Å². The molecule has 0 aliphatic rings. The van der Waals surface area contributed by atoms with Crippen LogP contribution < -0.4 is 5.73 Å². The van der Waals surface area contributed by atoms with Gasteiger partial charge in [0.1, 0.15) is 0 Å². The predicted molar refractivity (Wildman–Crippen MR) is 76.8 cm³/mol. The van der Waals surface area contributed by atoms with Crippen molar-refractivity contribution in [3.63, 3.8) is 0 Å². The minimum absolute atomic E-state index is 0.142. The van der Waals surface area contributed by atoms with Crippen molar-refractivity contribution in [2.75, 3.05) is 25.4 Å². The number of carbonyl (C=O) groups is 1. The third kappa shape index (κ3) is 4.49. The zero-order valence-electron chi connectivity index (χ0n) is 11.5. The van der Waals surface area contributed by atoms with E-state index in [-0.39, 0.29) is 5.78 Å². The van der Waals surface area contributed by atoms with Crippen molar-refractivity contribution in [2.24, 2.45) is 0 Å². The Morgan fingerprint density at radius 1 is 1.22 bits per heavy atom. The number of anilines is 1. The third-order valence-electron chi connectivity index (χ3n) is 3.19. The predicted octanol–water partition coefficient (Wildman–Crippen LogP) is 2.96. The summed E-state index contributed by atoms with van der Waals surface area (Å²) in [6.45, 7) is 7.21. The van der Waals surface area contributed by atoms with E-state index in [1.54, 1.807) is 12.1 Å². The number of benzene rings is 1. The summed E-state index contributed by atoms with van der Waals surface area (Å²) in [5, 5.41) is 0. The number of hydrogen-bond acceptors (Lipinski definition) is 3. The van der Waals surface area contributed by atoms with Gasteiger partial charge >= 0.3 is 0 Å². The summed E-state index contributed by atoms with van der Waals surface area (Å²) in [6, 6.07) is 7.30. The molecule has 1 aromatic carbocycles. The lowest BCUT2D eigenvalue weighted by atomic mass is 10.1. The van der Waals surface area contributed by atoms with Crippen LogP contribution in [0.1, 0.15) is 43.5 Å². The lowest BCUT2D eigenvalue weighted by Crippen LogP contribution is -2.27. The molecule has 0 aliphatic heterocycles. The first-order valence-corrected chi connectivity index (χ1v) is 6.79. The zero-order valence-corrected chi connectivity index (χ0v) is 11.5. The fourth-order valence-electron chi connectivity index (χ4n) is 1.96. The van der Waals surface area contributed by atoms with Crippen molar-refractivity contribution in [2.45, 2.75) is 33.1 Å². The Bertz CT molecular complexity index is 377. The molecule has 0 radical (unpaired) electrons. The highest BCUT2D eigenvalue weighted by Gasteiger charge is 2.10. The lowest BCUT2D eigenvalue weighted by molar-refractivity contribution is 0.0966. The van der Waals surface area contributed by atoms with Gasteiger partial charge in [-0.3, -0.25) is 4.79 Å². The summed E-state index contributed by atoms with van der Waals surface area (Å²) < 4.78 is 0. The SMILES string of the molecule is CCCCN(CC)CCC(=O)c1ccccc1N. The van der Waals surface area contributed by atoms with Gasteiger partial charge in [0.2, 0.25) is 0 Å². The molecule has 1 aromatic rings. The Morgan fingerprint density at radius 3 is 2.56 bits per heavy atom. The number of nitrogens with zero attached hydrogens (tertiary/aromatic N) is 1. The van der Waals surface area contributed by atoms with E-state index in [0.29, 0.717) is 17.7 Å². The van der Waals surface area contributed by atoms with Crippen molar-refractivity contribution in [1.82, 2.24) is 4.90 Å². The molecule has 100 valence electrons. The Hall–Kier alpha value is -1.35. The maximum absolute atomic E-state index is 12.1. The van der Waals surface area contributed by atoms with Crippen LogP contribution in [-0.4, -0.2) is 30.3 Å². The van der Waals surface area contributed by atoms with E-state index in [1.165, 1.54) is 12.8 Å². The third-order valence-corrected chi connectivity index (χ3v) is 3.19. The normalized spacial score (nSPS) is 10.8. The highest BCUT2D eigenvalue weighted by atomic mass is 16.1. The fourth-order valence-corrected chi connectivity index (χ4v) is 1.96. The molecule has 0 unspecified atom stereocenters. The average molecular weight is 248 g/mol. The molecule has 0 heterocycles. The molecule has 0 aromatic heterocycles. The number of unbranched alkanes of at least 4 members (excludes halogenated alkanes) is 1. The van der Waals surface area contributed by atoms with Gasteiger partial charge in [0.15, 0.2) is 5.78 Å². The largest absolute Gasteiger partial charge is 0.398 e. The van der Waals surface area contributed by atoms with Gasteiger partial charge in [0, 0.05) is 24.2 Å². The molecule has 0 amide bonds. The Labute approximate surface area is 110 Å². The van der Waals surface area contributed by atoms with Gasteiger partial charge in [0.25, 0.3) is 0 Å². The number of hydrogen-bond donors (Lipinski definition) is 1. The van der Waals surface area contributed by atoms with Gasteiger partial charge in [-0.15, -0.1) is 0 Å². The summed E-state index contributed by atoms with van der Waals surface area (Å²) in [6.07, 6.45) is 2.93. The Morgan fingerprint density at radius 2 is 1.94 bits per heavy atom. The topological polar surface area (TPSA) is 46.3 Å². The zero-order chi connectivity index (χ0) is 13.4. The molecule has 0 saturated heterocycles. The second-order valence-electron chi connectivity index (χ2n) is 4.55. The van der Waals surface area contributed by atoms with Gasteiger partial charge in [-0.05, 0) is 31.6 Å². The van der Waals surface area contributed by atoms with Crippen LogP contribution in [0.5, 0.6) is 0 Å². The minimum Gasteiger partial charge on any atom is -0.398 e. The Kier molecular flexibility index (Phi) is 6.44. The fraction of sp³-hybridized carbons (Fsp3) is 0.533. The summed E-state index contributed by atoms with van der Waals surface area (Å²) in [5.41, 5.74) is 7.05. The molecule has 1 rings (SSSR count). The van der Waals surface area contributed by atoms with Gasteiger partial charge in [-0.1, -0.05) is 32.4 Å². The van der Waals surface area contributed by atoms with E-state index in [4.69, 9.17) is 5.73 Å². The molecule has 0 saturated carbocycles. The van der Waals surface area contributed by atoms with Crippen molar-refractivity contribution >= 4 is 11.5 Å². The molecular formula is C15H24N2O. The summed E-state index contributed by atoms with van der Waals surface area (Å²) in [4.78, 5) is 14.4. The van der Waals surface area contributed by atoms with Crippen LogP contribution in [0, 0.1) is 0 Å². The first kappa shape index (κ1) is 14.7. The number of Topliss-reactive ketones (excluding diaryl/α,β-unsaturated/α-hetero) is 1. The van der Waals surface area contributed by atoms with Gasteiger partial charge in [0.05, 0.1) is 0 Å². The molecule has 3 heteroatoms. The van der Waals surface area contributed by atoms with E-state index in [2.05, 4.69) is 18.7 Å². The van der Waals surface area contributed by atoms with Crippen LogP contribution in [0.15, 0.2) is 24.3 Å². The molecule has 0 fully saturated rings. The monoisotopic (exact) mass is 248 g/mol. The van der Waals surface area contributed by atoms with Crippen molar-refractivity contribution in [1.29, 1.82) is 0 Å². The molecule has 0 bridgehead atoms. The van der Waals surface area contributed by atoms with E-state index in [9.17, 15) is 4.79 Å². The second-order valence-corrected chi connectivity index (χ2v) is 4.55. The van der Waals surface area contributed by atoms with E-state index in [1.807, 2.05) is 12.1 Å². The number of rotatable bonds is 8. The van der Waals surface area contributed by atoms with Crippen LogP contribution >= 0.6 is 0 Å². The molecular weight excluding hydrogens is 224 g/mol. The molecule has 0 aliphatic carbocycles. The number of nitrogens with two attached hydrogens (primary N) is 1. The molecule has 0 spiro atoms. The quantitative estimate of drug-likeness (QED) is 0.568. The first-order chi connectivity index (χ1) is 8.69. The maximum atomic E-state index is 12.1. The average Bonchev–Trinajstić information content (AvgIpc) is 2.39. The highest BCUT2D eigenvalue weighted by molar-refractivity contribution is 6.00. The van der Waals surface area contributed by atoms with Crippen molar-refractivity contribution in [3.05, 3.63) is 29.8 Å². The second kappa shape index (κ2) is 7.88. The van der Waals surface area contributed by atoms with Crippen molar-refractivity contribution < 1.29 is 4.79 Å². The number of para-hydroxylation sites is 1. The maximum Gasteiger partial charge on any atom is 0.166 e. The van der Waals surface area contributed by atoms with Crippen LogP contribution in [0.3, 0.4) is 0 Å². The summed E-state index contributed by atoms with van der Waals surface area (Å²) in [5.74, 6) is 0.142. The first-order valence-electron chi connectivity index (χ1n) is 6.79. The number of ketones is 1. The van der Waals surface area contributed by atoms with Gasteiger partial charge in [-0.2, -0.15) is 0 Å². The number of carbonyl (C=O) groups excluding carboxylic acids is 1. The highest BCUT2D eigenvalue weighted by Crippen LogP contribution is 2.13. The molecule has 18 heavy (non-hydrogen) atoms. The van der Waals surface area contributed by atoms with Crippen molar-refractivity contribution in [3.8, 4) is 0 Å². The summed E-state index contributed by atoms with van der Waals surface area (Å²) in [7, 11) is 0. The standard InChI is InChI=1S/C15H24N2O/c1-3-5-11-17(4-2)12-10-15(18)13-8-6-7-9-14(13)16/h6-9H,3-5,10-12,16H2,1-2H3. The van der Waals surface area contributed by atoms with Crippen LogP contribution in [0.25, 0.3) is 0 Å². The molecule has 3 nitrogen and oxygen atoms in total. The lowest BCUT2D eigenvalue weighted by Gasteiger charge is -2.19. The Balaban J connectivity index is 2.47. The number of nitrogen functional groups attached to an aromatic ring is 1.